The normalized spacial score (nSPS) is 12.3. The molecule has 0 radical (unpaired) electrons. The summed E-state index contributed by atoms with van der Waals surface area (Å²) in [5.74, 6) is 0.0536. The number of nitrogens with zero attached hydrogens (tertiary/aromatic N) is 1. The van der Waals surface area contributed by atoms with Crippen molar-refractivity contribution in [3.8, 4) is 11.3 Å². The van der Waals surface area contributed by atoms with E-state index in [4.69, 9.17) is 0 Å². The minimum Gasteiger partial charge on any atom is -0.352 e. The number of hydrogen-bond donors (Lipinski definition) is 1. The molecule has 2 aromatic carbocycles. The SMILES string of the molecule is CC[C@H](C)NC(=O)Cn1c(-c2ccccc2)cc2ccccc21. The second-order valence-corrected chi connectivity index (χ2v) is 5.92. The van der Waals surface area contributed by atoms with E-state index in [1.807, 2.05) is 37.3 Å². The Bertz CT molecular complexity index is 805. The van der Waals surface area contributed by atoms with Crippen LogP contribution in [0.25, 0.3) is 22.2 Å². The first kappa shape index (κ1) is 15.3. The van der Waals surface area contributed by atoms with E-state index in [9.17, 15) is 4.79 Å². The number of aromatic nitrogens is 1. The van der Waals surface area contributed by atoms with Crippen LogP contribution in [0.4, 0.5) is 0 Å². The third kappa shape index (κ3) is 3.29. The van der Waals surface area contributed by atoms with Gasteiger partial charge in [-0.1, -0.05) is 55.5 Å². The van der Waals surface area contributed by atoms with Crippen molar-refractivity contribution in [3.63, 3.8) is 0 Å². The van der Waals surface area contributed by atoms with Gasteiger partial charge in [-0.3, -0.25) is 4.79 Å². The largest absolute Gasteiger partial charge is 0.352 e. The number of benzene rings is 2. The average Bonchev–Trinajstić information content (AvgIpc) is 2.94. The van der Waals surface area contributed by atoms with Crippen LogP contribution in [0, 0.1) is 0 Å². The van der Waals surface area contributed by atoms with Gasteiger partial charge in [-0.05, 0) is 31.0 Å². The standard InChI is InChI=1S/C20H22N2O/c1-3-15(2)21-20(23)14-22-18-12-8-7-11-17(18)13-19(22)16-9-5-4-6-10-16/h4-13,15H,3,14H2,1-2H3,(H,21,23)/t15-/m0/s1. The molecule has 0 saturated heterocycles. The molecule has 0 unspecified atom stereocenters. The fraction of sp³-hybridized carbons (Fsp3) is 0.250. The van der Waals surface area contributed by atoms with E-state index in [-0.39, 0.29) is 11.9 Å². The number of para-hydroxylation sites is 1. The number of carbonyl (C=O) groups is 1. The molecular formula is C20H22N2O. The average molecular weight is 306 g/mol. The number of amides is 1. The molecule has 0 bridgehead atoms. The monoisotopic (exact) mass is 306 g/mol. The Morgan fingerprint density at radius 1 is 1.09 bits per heavy atom. The third-order valence-corrected chi connectivity index (χ3v) is 4.20. The van der Waals surface area contributed by atoms with E-state index in [1.54, 1.807) is 0 Å². The molecule has 3 heteroatoms. The van der Waals surface area contributed by atoms with Gasteiger partial charge in [-0.25, -0.2) is 0 Å². The smallest absolute Gasteiger partial charge is 0.240 e. The van der Waals surface area contributed by atoms with Crippen molar-refractivity contribution < 1.29 is 4.79 Å². The first-order chi connectivity index (χ1) is 11.2. The quantitative estimate of drug-likeness (QED) is 0.752. The van der Waals surface area contributed by atoms with Crippen molar-refractivity contribution in [2.24, 2.45) is 0 Å². The first-order valence-electron chi connectivity index (χ1n) is 8.12. The summed E-state index contributed by atoms with van der Waals surface area (Å²) in [5.41, 5.74) is 3.29. The molecule has 0 fully saturated rings. The van der Waals surface area contributed by atoms with Gasteiger partial charge in [0.2, 0.25) is 5.91 Å². The van der Waals surface area contributed by atoms with E-state index in [0.717, 1.165) is 28.6 Å². The molecule has 0 aliphatic heterocycles. The zero-order valence-corrected chi connectivity index (χ0v) is 13.6. The molecule has 1 heterocycles. The molecule has 0 saturated carbocycles. The Labute approximate surface area is 136 Å². The predicted molar refractivity (Wildman–Crippen MR) is 95.3 cm³/mol. The summed E-state index contributed by atoms with van der Waals surface area (Å²) in [4.78, 5) is 12.4. The summed E-state index contributed by atoms with van der Waals surface area (Å²) in [5, 5.41) is 4.21. The molecule has 118 valence electrons. The second-order valence-electron chi connectivity index (χ2n) is 5.92. The Balaban J connectivity index is 2.02. The maximum atomic E-state index is 12.4. The van der Waals surface area contributed by atoms with Gasteiger partial charge in [0.05, 0.1) is 0 Å². The number of carbonyl (C=O) groups excluding carboxylic acids is 1. The highest BCUT2D eigenvalue weighted by Gasteiger charge is 2.14. The lowest BCUT2D eigenvalue weighted by Crippen LogP contribution is -2.34. The summed E-state index contributed by atoms with van der Waals surface area (Å²) in [6.45, 7) is 4.44. The van der Waals surface area contributed by atoms with Crippen LogP contribution >= 0.6 is 0 Å². The first-order valence-corrected chi connectivity index (χ1v) is 8.12. The molecule has 3 aromatic rings. The Morgan fingerprint density at radius 2 is 1.78 bits per heavy atom. The highest BCUT2D eigenvalue weighted by atomic mass is 16.2. The van der Waals surface area contributed by atoms with Crippen LogP contribution in [0.15, 0.2) is 60.7 Å². The van der Waals surface area contributed by atoms with Gasteiger partial charge in [-0.15, -0.1) is 0 Å². The van der Waals surface area contributed by atoms with Crippen molar-refractivity contribution in [2.45, 2.75) is 32.9 Å². The summed E-state index contributed by atoms with van der Waals surface area (Å²) >= 11 is 0. The molecular weight excluding hydrogens is 284 g/mol. The van der Waals surface area contributed by atoms with Gasteiger partial charge in [-0.2, -0.15) is 0 Å². The van der Waals surface area contributed by atoms with Gasteiger partial charge in [0.1, 0.15) is 6.54 Å². The molecule has 1 aromatic heterocycles. The molecule has 0 spiro atoms. The van der Waals surface area contributed by atoms with E-state index in [1.165, 1.54) is 0 Å². The summed E-state index contributed by atoms with van der Waals surface area (Å²) in [6, 6.07) is 20.8. The molecule has 1 N–H and O–H groups in total. The summed E-state index contributed by atoms with van der Waals surface area (Å²) in [6.07, 6.45) is 0.934. The lowest BCUT2D eigenvalue weighted by Gasteiger charge is -2.14. The Hall–Kier alpha value is -2.55. The fourth-order valence-electron chi connectivity index (χ4n) is 2.79. The second kappa shape index (κ2) is 6.69. The summed E-state index contributed by atoms with van der Waals surface area (Å²) in [7, 11) is 0. The van der Waals surface area contributed by atoms with Crippen LogP contribution in [0.5, 0.6) is 0 Å². The highest BCUT2D eigenvalue weighted by molar-refractivity contribution is 5.89. The van der Waals surface area contributed by atoms with Crippen molar-refractivity contribution in [3.05, 3.63) is 60.7 Å². The molecule has 3 rings (SSSR count). The zero-order chi connectivity index (χ0) is 16.2. The summed E-state index contributed by atoms with van der Waals surface area (Å²) < 4.78 is 2.10. The van der Waals surface area contributed by atoms with Crippen LogP contribution in [-0.4, -0.2) is 16.5 Å². The minimum atomic E-state index is 0.0536. The lowest BCUT2D eigenvalue weighted by atomic mass is 10.1. The van der Waals surface area contributed by atoms with Crippen molar-refractivity contribution >= 4 is 16.8 Å². The number of rotatable bonds is 5. The molecule has 3 nitrogen and oxygen atoms in total. The van der Waals surface area contributed by atoms with Crippen molar-refractivity contribution in [1.29, 1.82) is 0 Å². The van der Waals surface area contributed by atoms with Crippen LogP contribution in [-0.2, 0) is 11.3 Å². The minimum absolute atomic E-state index is 0.0536. The van der Waals surface area contributed by atoms with Gasteiger partial charge in [0.15, 0.2) is 0 Å². The van der Waals surface area contributed by atoms with E-state index in [2.05, 4.69) is 47.1 Å². The van der Waals surface area contributed by atoms with Crippen molar-refractivity contribution in [2.75, 3.05) is 0 Å². The number of fused-ring (bicyclic) bond motifs is 1. The number of hydrogen-bond acceptors (Lipinski definition) is 1. The zero-order valence-electron chi connectivity index (χ0n) is 13.6. The lowest BCUT2D eigenvalue weighted by molar-refractivity contribution is -0.122. The molecule has 23 heavy (non-hydrogen) atoms. The maximum Gasteiger partial charge on any atom is 0.240 e. The number of nitrogens with one attached hydrogen (secondary N) is 1. The van der Waals surface area contributed by atoms with E-state index in [0.29, 0.717) is 6.54 Å². The van der Waals surface area contributed by atoms with E-state index < -0.39 is 0 Å². The topological polar surface area (TPSA) is 34.0 Å². The predicted octanol–water partition coefficient (Wildman–Crippen LogP) is 4.22. The molecule has 1 atom stereocenters. The van der Waals surface area contributed by atoms with Crippen LogP contribution in [0.2, 0.25) is 0 Å². The van der Waals surface area contributed by atoms with Gasteiger partial charge in [0.25, 0.3) is 0 Å². The van der Waals surface area contributed by atoms with Gasteiger partial charge in [0, 0.05) is 22.6 Å². The fourth-order valence-corrected chi connectivity index (χ4v) is 2.79. The van der Waals surface area contributed by atoms with Crippen LogP contribution in [0.3, 0.4) is 0 Å². The van der Waals surface area contributed by atoms with Crippen LogP contribution < -0.4 is 5.32 Å². The van der Waals surface area contributed by atoms with Crippen LogP contribution in [0.1, 0.15) is 20.3 Å². The molecule has 1 amide bonds. The molecule has 0 aliphatic carbocycles. The van der Waals surface area contributed by atoms with Gasteiger partial charge >= 0.3 is 0 Å². The Kier molecular flexibility index (Phi) is 4.47. The van der Waals surface area contributed by atoms with Crippen molar-refractivity contribution in [1.82, 2.24) is 9.88 Å². The molecule has 0 aliphatic rings. The highest BCUT2D eigenvalue weighted by Crippen LogP contribution is 2.28. The van der Waals surface area contributed by atoms with Gasteiger partial charge < -0.3 is 9.88 Å². The van der Waals surface area contributed by atoms with E-state index >= 15 is 0 Å². The Morgan fingerprint density at radius 3 is 2.52 bits per heavy atom. The maximum absolute atomic E-state index is 12.4. The third-order valence-electron chi connectivity index (χ3n) is 4.20.